The van der Waals surface area contributed by atoms with Crippen LogP contribution in [0.4, 0.5) is 0 Å². The van der Waals surface area contributed by atoms with E-state index in [1.807, 2.05) is 0 Å². The van der Waals surface area contributed by atoms with Gasteiger partial charge in [0.1, 0.15) is 6.61 Å². The molecule has 0 bridgehead atoms. The van der Waals surface area contributed by atoms with Gasteiger partial charge in [0.2, 0.25) is 0 Å². The van der Waals surface area contributed by atoms with Gasteiger partial charge in [-0.1, -0.05) is 13.8 Å². The summed E-state index contributed by atoms with van der Waals surface area (Å²) in [5, 5.41) is 0. The van der Waals surface area contributed by atoms with Gasteiger partial charge in [0, 0.05) is 6.54 Å². The number of carbonyl (C=O) groups is 1. The van der Waals surface area contributed by atoms with Crippen molar-refractivity contribution in [2.45, 2.75) is 13.8 Å². The highest BCUT2D eigenvalue weighted by Gasteiger charge is 2.05. The number of carbonyl (C=O) groups excluding carboxylic acids is 1. The van der Waals surface area contributed by atoms with Crippen molar-refractivity contribution in [2.75, 3.05) is 13.2 Å². The summed E-state index contributed by atoms with van der Waals surface area (Å²) < 4.78 is 4.69. The maximum absolute atomic E-state index is 10.6. The molecule has 0 atom stereocenters. The molecule has 0 unspecified atom stereocenters. The standard InChI is InChI=1S/C6H13NO2/c1-5(2)6(8)9-4-3-7/h5H,3-4,7H2,1-2H3. The Labute approximate surface area is 55.2 Å². The summed E-state index contributed by atoms with van der Waals surface area (Å²) in [5.41, 5.74) is 5.10. The van der Waals surface area contributed by atoms with Crippen LogP contribution in [-0.2, 0) is 9.53 Å². The van der Waals surface area contributed by atoms with Crippen LogP contribution in [0, 0.1) is 5.92 Å². The molecule has 0 aromatic heterocycles. The van der Waals surface area contributed by atoms with Crippen molar-refractivity contribution in [3.8, 4) is 0 Å². The number of hydrogen-bond donors (Lipinski definition) is 1. The monoisotopic (exact) mass is 131 g/mol. The van der Waals surface area contributed by atoms with Gasteiger partial charge in [-0.2, -0.15) is 0 Å². The predicted octanol–water partition coefficient (Wildman–Crippen LogP) is 0.144. The smallest absolute Gasteiger partial charge is 0.308 e. The van der Waals surface area contributed by atoms with Gasteiger partial charge < -0.3 is 10.5 Å². The second kappa shape index (κ2) is 4.32. The van der Waals surface area contributed by atoms with E-state index in [-0.39, 0.29) is 11.9 Å². The summed E-state index contributed by atoms with van der Waals surface area (Å²) in [6, 6.07) is 0. The van der Waals surface area contributed by atoms with Crippen LogP contribution >= 0.6 is 0 Å². The van der Waals surface area contributed by atoms with Gasteiger partial charge in [-0.15, -0.1) is 0 Å². The molecule has 54 valence electrons. The Morgan fingerprint density at radius 3 is 2.56 bits per heavy atom. The van der Waals surface area contributed by atoms with Crippen LogP contribution in [0.1, 0.15) is 13.8 Å². The van der Waals surface area contributed by atoms with Gasteiger partial charge >= 0.3 is 5.97 Å². The molecular formula is C6H13NO2. The first-order valence-corrected chi connectivity index (χ1v) is 3.05. The maximum Gasteiger partial charge on any atom is 0.308 e. The van der Waals surface area contributed by atoms with Crippen LogP contribution in [0.5, 0.6) is 0 Å². The third-order valence-electron chi connectivity index (χ3n) is 0.834. The second-order valence-electron chi connectivity index (χ2n) is 2.11. The summed E-state index contributed by atoms with van der Waals surface area (Å²) in [6.45, 7) is 4.31. The van der Waals surface area contributed by atoms with E-state index >= 15 is 0 Å². The first-order chi connectivity index (χ1) is 4.18. The molecule has 0 aromatic rings. The normalized spacial score (nSPS) is 9.78. The van der Waals surface area contributed by atoms with Gasteiger partial charge in [0.05, 0.1) is 5.92 Å². The molecule has 0 amide bonds. The third-order valence-corrected chi connectivity index (χ3v) is 0.834. The van der Waals surface area contributed by atoms with Crippen molar-refractivity contribution in [2.24, 2.45) is 11.7 Å². The molecule has 0 aliphatic heterocycles. The lowest BCUT2D eigenvalue weighted by molar-refractivity contribution is -0.146. The van der Waals surface area contributed by atoms with E-state index in [0.29, 0.717) is 13.2 Å². The predicted molar refractivity (Wildman–Crippen MR) is 34.9 cm³/mol. The molecule has 0 saturated carbocycles. The molecule has 0 aromatic carbocycles. The number of hydrogen-bond acceptors (Lipinski definition) is 3. The molecular weight excluding hydrogens is 118 g/mol. The number of ether oxygens (including phenoxy) is 1. The fourth-order valence-electron chi connectivity index (χ4n) is 0.326. The zero-order chi connectivity index (χ0) is 7.28. The first-order valence-electron chi connectivity index (χ1n) is 3.05. The Balaban J connectivity index is 3.28. The van der Waals surface area contributed by atoms with E-state index in [1.54, 1.807) is 13.8 Å². The largest absolute Gasteiger partial charge is 0.464 e. The Kier molecular flexibility index (Phi) is 4.05. The highest BCUT2D eigenvalue weighted by molar-refractivity contribution is 5.71. The van der Waals surface area contributed by atoms with Crippen molar-refractivity contribution < 1.29 is 9.53 Å². The van der Waals surface area contributed by atoms with E-state index in [1.165, 1.54) is 0 Å². The minimum Gasteiger partial charge on any atom is -0.464 e. The Morgan fingerprint density at radius 1 is 1.67 bits per heavy atom. The molecule has 0 fully saturated rings. The fraction of sp³-hybridized carbons (Fsp3) is 0.833. The summed E-state index contributed by atoms with van der Waals surface area (Å²) in [6.07, 6.45) is 0. The number of esters is 1. The van der Waals surface area contributed by atoms with Gasteiger partial charge in [-0.05, 0) is 0 Å². The van der Waals surface area contributed by atoms with Crippen LogP contribution in [0.15, 0.2) is 0 Å². The van der Waals surface area contributed by atoms with Crippen molar-refractivity contribution in [1.29, 1.82) is 0 Å². The molecule has 2 N–H and O–H groups in total. The topological polar surface area (TPSA) is 52.3 Å². The molecule has 0 rings (SSSR count). The van der Waals surface area contributed by atoms with Crippen LogP contribution in [0.3, 0.4) is 0 Å². The van der Waals surface area contributed by atoms with Gasteiger partial charge in [-0.25, -0.2) is 0 Å². The fourth-order valence-corrected chi connectivity index (χ4v) is 0.326. The molecule has 0 saturated heterocycles. The van der Waals surface area contributed by atoms with E-state index in [2.05, 4.69) is 4.74 Å². The third kappa shape index (κ3) is 3.97. The Bertz CT molecular complexity index is 91.1. The summed E-state index contributed by atoms with van der Waals surface area (Å²) in [4.78, 5) is 10.6. The van der Waals surface area contributed by atoms with Gasteiger partial charge in [0.25, 0.3) is 0 Å². The Hall–Kier alpha value is -0.570. The molecule has 0 aliphatic rings. The van der Waals surface area contributed by atoms with Crippen molar-refractivity contribution >= 4 is 5.97 Å². The number of nitrogens with two attached hydrogens (primary N) is 1. The minimum absolute atomic E-state index is 0.0449. The van der Waals surface area contributed by atoms with Crippen molar-refractivity contribution in [1.82, 2.24) is 0 Å². The Morgan fingerprint density at radius 2 is 2.22 bits per heavy atom. The molecule has 9 heavy (non-hydrogen) atoms. The summed E-state index contributed by atoms with van der Waals surface area (Å²) in [5.74, 6) is -0.225. The average Bonchev–Trinajstić information content (AvgIpc) is 1.82. The lowest BCUT2D eigenvalue weighted by Crippen LogP contribution is -2.17. The SMILES string of the molecule is CC(C)C(=O)OCCN. The van der Waals surface area contributed by atoms with Gasteiger partial charge in [-0.3, -0.25) is 4.79 Å². The van der Waals surface area contributed by atoms with Crippen LogP contribution in [0.2, 0.25) is 0 Å². The lowest BCUT2D eigenvalue weighted by Gasteiger charge is -2.03. The van der Waals surface area contributed by atoms with Crippen molar-refractivity contribution in [3.63, 3.8) is 0 Å². The molecule has 0 radical (unpaired) electrons. The van der Waals surface area contributed by atoms with E-state index in [9.17, 15) is 4.79 Å². The van der Waals surface area contributed by atoms with Crippen LogP contribution in [-0.4, -0.2) is 19.1 Å². The van der Waals surface area contributed by atoms with E-state index in [0.717, 1.165) is 0 Å². The molecule has 0 heterocycles. The zero-order valence-electron chi connectivity index (χ0n) is 5.89. The van der Waals surface area contributed by atoms with Gasteiger partial charge in [0.15, 0.2) is 0 Å². The molecule has 3 nitrogen and oxygen atoms in total. The van der Waals surface area contributed by atoms with Crippen LogP contribution < -0.4 is 5.73 Å². The first kappa shape index (κ1) is 8.43. The van der Waals surface area contributed by atoms with E-state index < -0.39 is 0 Å². The molecule has 0 aliphatic carbocycles. The second-order valence-corrected chi connectivity index (χ2v) is 2.11. The summed E-state index contributed by atoms with van der Waals surface area (Å²) in [7, 11) is 0. The maximum atomic E-state index is 10.6. The number of rotatable bonds is 3. The van der Waals surface area contributed by atoms with Crippen LogP contribution in [0.25, 0.3) is 0 Å². The molecule has 3 heteroatoms. The highest BCUT2D eigenvalue weighted by atomic mass is 16.5. The molecule has 0 spiro atoms. The van der Waals surface area contributed by atoms with Crippen molar-refractivity contribution in [3.05, 3.63) is 0 Å². The average molecular weight is 131 g/mol. The summed E-state index contributed by atoms with van der Waals surface area (Å²) >= 11 is 0. The quantitative estimate of drug-likeness (QED) is 0.554. The van der Waals surface area contributed by atoms with E-state index in [4.69, 9.17) is 5.73 Å². The highest BCUT2D eigenvalue weighted by Crippen LogP contribution is 1.93. The minimum atomic E-state index is -0.180. The zero-order valence-corrected chi connectivity index (χ0v) is 5.89. The lowest BCUT2D eigenvalue weighted by atomic mass is 10.2.